The van der Waals surface area contributed by atoms with E-state index in [2.05, 4.69) is 5.32 Å². The molecule has 0 unspecified atom stereocenters. The van der Waals surface area contributed by atoms with Gasteiger partial charge in [0.15, 0.2) is 0 Å². The Morgan fingerprint density at radius 1 is 1.20 bits per heavy atom. The first-order chi connectivity index (χ1) is 9.72. The average molecular weight is 290 g/mol. The lowest BCUT2D eigenvalue weighted by atomic mass is 10.1. The van der Waals surface area contributed by atoms with Crippen molar-refractivity contribution in [1.82, 2.24) is 0 Å². The number of ether oxygens (including phenoxy) is 1. The molecule has 2 aromatic rings. The lowest BCUT2D eigenvalue weighted by Gasteiger charge is -2.08. The molecule has 0 saturated heterocycles. The summed E-state index contributed by atoms with van der Waals surface area (Å²) in [6.07, 6.45) is 0. The van der Waals surface area contributed by atoms with Crippen LogP contribution in [0.4, 0.5) is 5.69 Å². The number of alkyl halides is 1. The molecule has 0 radical (unpaired) electrons. The number of benzene rings is 2. The van der Waals surface area contributed by atoms with E-state index in [-0.39, 0.29) is 5.91 Å². The van der Waals surface area contributed by atoms with Crippen LogP contribution < -0.4 is 10.1 Å². The van der Waals surface area contributed by atoms with Gasteiger partial charge in [-0.15, -0.1) is 11.6 Å². The van der Waals surface area contributed by atoms with Crippen LogP contribution in [0.1, 0.15) is 22.8 Å². The third kappa shape index (κ3) is 3.75. The molecular weight excluding hydrogens is 274 g/mol. The molecule has 0 aromatic heterocycles. The van der Waals surface area contributed by atoms with E-state index in [1.807, 2.05) is 37.3 Å². The molecule has 0 atom stereocenters. The van der Waals surface area contributed by atoms with Crippen molar-refractivity contribution in [3.63, 3.8) is 0 Å². The summed E-state index contributed by atoms with van der Waals surface area (Å²) in [5, 5.41) is 2.84. The quantitative estimate of drug-likeness (QED) is 0.843. The van der Waals surface area contributed by atoms with Crippen molar-refractivity contribution in [2.45, 2.75) is 12.8 Å². The molecule has 0 aliphatic carbocycles. The van der Waals surface area contributed by atoms with Gasteiger partial charge < -0.3 is 10.1 Å². The predicted molar refractivity (Wildman–Crippen MR) is 81.6 cm³/mol. The van der Waals surface area contributed by atoms with E-state index in [0.717, 1.165) is 11.3 Å². The van der Waals surface area contributed by atoms with E-state index < -0.39 is 0 Å². The highest BCUT2D eigenvalue weighted by Crippen LogP contribution is 2.18. The molecule has 104 valence electrons. The molecule has 2 aromatic carbocycles. The van der Waals surface area contributed by atoms with Gasteiger partial charge in [-0.3, -0.25) is 4.79 Å². The minimum Gasteiger partial charge on any atom is -0.494 e. The van der Waals surface area contributed by atoms with Crippen molar-refractivity contribution >= 4 is 23.2 Å². The molecule has 0 aliphatic rings. The van der Waals surface area contributed by atoms with Crippen molar-refractivity contribution in [1.29, 1.82) is 0 Å². The first kappa shape index (κ1) is 14.4. The highest BCUT2D eigenvalue weighted by Gasteiger charge is 2.06. The molecule has 3 nitrogen and oxygen atoms in total. The zero-order valence-electron chi connectivity index (χ0n) is 11.2. The Bertz CT molecular complexity index is 581. The van der Waals surface area contributed by atoms with Gasteiger partial charge >= 0.3 is 0 Å². The summed E-state index contributed by atoms with van der Waals surface area (Å²) in [5.74, 6) is 1.03. The van der Waals surface area contributed by atoms with Crippen LogP contribution in [-0.4, -0.2) is 12.5 Å². The maximum absolute atomic E-state index is 12.1. The van der Waals surface area contributed by atoms with Crippen LogP contribution in [-0.2, 0) is 5.88 Å². The van der Waals surface area contributed by atoms with E-state index in [4.69, 9.17) is 16.3 Å². The van der Waals surface area contributed by atoms with Crippen LogP contribution in [0.15, 0.2) is 48.5 Å². The lowest BCUT2D eigenvalue weighted by molar-refractivity contribution is 0.102. The number of nitrogens with one attached hydrogen (secondary N) is 1. The molecular formula is C16H16ClNO2. The third-order valence-electron chi connectivity index (χ3n) is 2.77. The number of rotatable bonds is 5. The standard InChI is InChI=1S/C16H16ClNO2/c1-2-20-15-5-3-4-14(10-15)18-16(19)13-8-6-12(11-17)7-9-13/h3-10H,2,11H2,1H3,(H,18,19). The number of hydrogen-bond donors (Lipinski definition) is 1. The third-order valence-corrected chi connectivity index (χ3v) is 3.08. The fourth-order valence-electron chi connectivity index (χ4n) is 1.78. The van der Waals surface area contributed by atoms with E-state index in [9.17, 15) is 4.79 Å². The van der Waals surface area contributed by atoms with Crippen LogP contribution in [0, 0.1) is 0 Å². The molecule has 2 rings (SSSR count). The van der Waals surface area contributed by atoms with Gasteiger partial charge in [-0.1, -0.05) is 18.2 Å². The fraction of sp³-hybridized carbons (Fsp3) is 0.188. The number of anilines is 1. The Morgan fingerprint density at radius 2 is 1.95 bits per heavy atom. The van der Waals surface area contributed by atoms with Gasteiger partial charge in [0.1, 0.15) is 5.75 Å². The fourth-order valence-corrected chi connectivity index (χ4v) is 1.96. The second-order valence-electron chi connectivity index (χ2n) is 4.25. The second-order valence-corrected chi connectivity index (χ2v) is 4.51. The van der Waals surface area contributed by atoms with E-state index in [1.165, 1.54) is 0 Å². The van der Waals surface area contributed by atoms with Crippen LogP contribution >= 0.6 is 11.6 Å². The summed E-state index contributed by atoms with van der Waals surface area (Å²) < 4.78 is 5.40. The molecule has 0 aliphatic heterocycles. The smallest absolute Gasteiger partial charge is 0.255 e. The normalized spacial score (nSPS) is 10.1. The summed E-state index contributed by atoms with van der Waals surface area (Å²) in [5.41, 5.74) is 2.30. The van der Waals surface area contributed by atoms with Crippen LogP contribution in [0.5, 0.6) is 5.75 Å². The molecule has 0 fully saturated rings. The van der Waals surface area contributed by atoms with Crippen molar-refractivity contribution in [3.8, 4) is 5.75 Å². The monoisotopic (exact) mass is 289 g/mol. The van der Waals surface area contributed by atoms with Crippen molar-refractivity contribution in [2.75, 3.05) is 11.9 Å². The Balaban J connectivity index is 2.08. The second kappa shape index (κ2) is 6.96. The summed E-state index contributed by atoms with van der Waals surface area (Å²) in [7, 11) is 0. The molecule has 1 amide bonds. The van der Waals surface area contributed by atoms with Crippen molar-refractivity contribution in [3.05, 3.63) is 59.7 Å². The average Bonchev–Trinajstić information content (AvgIpc) is 2.48. The number of amides is 1. The highest BCUT2D eigenvalue weighted by molar-refractivity contribution is 6.17. The van der Waals surface area contributed by atoms with Gasteiger partial charge in [-0.25, -0.2) is 0 Å². The van der Waals surface area contributed by atoms with Crippen LogP contribution in [0.2, 0.25) is 0 Å². The van der Waals surface area contributed by atoms with Crippen LogP contribution in [0.3, 0.4) is 0 Å². The minimum absolute atomic E-state index is 0.153. The van der Waals surface area contributed by atoms with E-state index >= 15 is 0 Å². The van der Waals surface area contributed by atoms with E-state index in [0.29, 0.717) is 23.7 Å². The number of halogens is 1. The Labute approximate surface area is 123 Å². The van der Waals surface area contributed by atoms with E-state index in [1.54, 1.807) is 18.2 Å². The minimum atomic E-state index is -0.153. The topological polar surface area (TPSA) is 38.3 Å². The Morgan fingerprint density at radius 3 is 2.60 bits per heavy atom. The molecule has 0 bridgehead atoms. The van der Waals surface area contributed by atoms with Crippen LogP contribution in [0.25, 0.3) is 0 Å². The summed E-state index contributed by atoms with van der Waals surface area (Å²) in [6, 6.07) is 14.5. The molecule has 4 heteroatoms. The molecule has 0 saturated carbocycles. The zero-order valence-corrected chi connectivity index (χ0v) is 12.0. The first-order valence-corrected chi connectivity index (χ1v) is 6.95. The Hall–Kier alpha value is -2.00. The Kier molecular flexibility index (Phi) is 5.02. The molecule has 20 heavy (non-hydrogen) atoms. The molecule has 1 N–H and O–H groups in total. The molecule has 0 heterocycles. The lowest BCUT2D eigenvalue weighted by Crippen LogP contribution is -2.11. The first-order valence-electron chi connectivity index (χ1n) is 6.42. The van der Waals surface area contributed by atoms with Gasteiger partial charge in [0.25, 0.3) is 5.91 Å². The van der Waals surface area contributed by atoms with Gasteiger partial charge in [-0.2, -0.15) is 0 Å². The number of carbonyl (C=O) groups excluding carboxylic acids is 1. The largest absolute Gasteiger partial charge is 0.494 e. The summed E-state index contributed by atoms with van der Waals surface area (Å²) in [4.78, 5) is 12.1. The number of carbonyl (C=O) groups is 1. The zero-order chi connectivity index (χ0) is 14.4. The van der Waals surface area contributed by atoms with Gasteiger partial charge in [0.05, 0.1) is 6.61 Å². The van der Waals surface area contributed by atoms with Gasteiger partial charge in [0.2, 0.25) is 0 Å². The number of hydrogen-bond acceptors (Lipinski definition) is 2. The predicted octanol–water partition coefficient (Wildman–Crippen LogP) is 4.08. The van der Waals surface area contributed by atoms with Crippen molar-refractivity contribution in [2.24, 2.45) is 0 Å². The maximum Gasteiger partial charge on any atom is 0.255 e. The highest BCUT2D eigenvalue weighted by atomic mass is 35.5. The maximum atomic E-state index is 12.1. The summed E-state index contributed by atoms with van der Waals surface area (Å²) >= 11 is 5.72. The SMILES string of the molecule is CCOc1cccc(NC(=O)c2ccc(CCl)cc2)c1. The molecule has 0 spiro atoms. The van der Waals surface area contributed by atoms with Crippen molar-refractivity contribution < 1.29 is 9.53 Å². The summed E-state index contributed by atoms with van der Waals surface area (Å²) in [6.45, 7) is 2.51. The van der Waals surface area contributed by atoms with Gasteiger partial charge in [-0.05, 0) is 36.8 Å². The van der Waals surface area contributed by atoms with Gasteiger partial charge in [0, 0.05) is 23.2 Å².